The molecule has 1 saturated heterocycles. The number of pyridine rings is 1. The predicted octanol–water partition coefficient (Wildman–Crippen LogP) is -0.138. The van der Waals surface area contributed by atoms with E-state index >= 15 is 0 Å². The minimum Gasteiger partial charge on any atom is -0.356 e. The molecule has 5 N–H and O–H groups in total. The fourth-order valence-electron chi connectivity index (χ4n) is 1.67. The molecule has 1 fully saturated rings. The first-order chi connectivity index (χ1) is 9.01. The molecule has 0 spiro atoms. The van der Waals surface area contributed by atoms with Gasteiger partial charge in [0.05, 0.1) is 0 Å². The van der Waals surface area contributed by atoms with Gasteiger partial charge in [-0.2, -0.15) is 0 Å². The molecule has 0 saturated carbocycles. The standard InChI is InChI=1S/C10H11F2N5O2/c11-4-3-5(12)9(17-13)16-8(4)14-6-1-2-7(18)15-10(6)19/h3,6H,1-2,13H2,(H2,14,16,17)(H,15,18,19). The van der Waals surface area contributed by atoms with Crippen LogP contribution in [0.5, 0.6) is 0 Å². The Morgan fingerprint density at radius 1 is 1.32 bits per heavy atom. The average Bonchev–Trinajstić information content (AvgIpc) is 2.35. The summed E-state index contributed by atoms with van der Waals surface area (Å²) >= 11 is 0. The second-order valence-corrected chi connectivity index (χ2v) is 3.94. The van der Waals surface area contributed by atoms with E-state index in [1.165, 1.54) is 0 Å². The van der Waals surface area contributed by atoms with Gasteiger partial charge in [0.25, 0.3) is 0 Å². The number of nitrogens with two attached hydrogens (primary N) is 1. The smallest absolute Gasteiger partial charge is 0.249 e. The number of nitrogens with zero attached hydrogens (tertiary/aromatic N) is 1. The summed E-state index contributed by atoms with van der Waals surface area (Å²) in [5.74, 6) is 1.48. The summed E-state index contributed by atoms with van der Waals surface area (Å²) in [6.07, 6.45) is 0.336. The summed E-state index contributed by atoms with van der Waals surface area (Å²) in [7, 11) is 0. The Kier molecular flexibility index (Phi) is 3.56. The van der Waals surface area contributed by atoms with Gasteiger partial charge in [0.1, 0.15) is 6.04 Å². The van der Waals surface area contributed by atoms with E-state index < -0.39 is 23.6 Å². The summed E-state index contributed by atoms with van der Waals surface area (Å²) in [5, 5.41) is 4.61. The Labute approximate surface area is 106 Å². The number of hydrogen-bond donors (Lipinski definition) is 4. The van der Waals surface area contributed by atoms with E-state index in [0.29, 0.717) is 6.07 Å². The number of imide groups is 1. The number of aromatic nitrogens is 1. The molecule has 1 aliphatic rings. The molecular weight excluding hydrogens is 260 g/mol. The van der Waals surface area contributed by atoms with E-state index in [0.717, 1.165) is 0 Å². The monoisotopic (exact) mass is 271 g/mol. The Hall–Kier alpha value is -2.29. The molecule has 1 aliphatic heterocycles. The van der Waals surface area contributed by atoms with Gasteiger partial charge in [-0.1, -0.05) is 0 Å². The second kappa shape index (κ2) is 5.14. The van der Waals surface area contributed by atoms with Crippen molar-refractivity contribution < 1.29 is 18.4 Å². The number of rotatable bonds is 3. The number of anilines is 2. The molecule has 1 unspecified atom stereocenters. The number of halogens is 2. The normalized spacial score (nSPS) is 19.0. The SMILES string of the molecule is NNc1nc(NC2CCC(=O)NC2=O)c(F)cc1F. The minimum atomic E-state index is -0.957. The lowest BCUT2D eigenvalue weighted by Gasteiger charge is -2.22. The third-order valence-electron chi connectivity index (χ3n) is 2.62. The average molecular weight is 271 g/mol. The molecule has 19 heavy (non-hydrogen) atoms. The highest BCUT2D eigenvalue weighted by molar-refractivity contribution is 6.01. The Balaban J connectivity index is 2.19. The summed E-state index contributed by atoms with van der Waals surface area (Å²) in [5.41, 5.74) is 1.97. The van der Waals surface area contributed by atoms with Crippen LogP contribution in [0.2, 0.25) is 0 Å². The van der Waals surface area contributed by atoms with Crippen molar-refractivity contribution >= 4 is 23.5 Å². The van der Waals surface area contributed by atoms with Gasteiger partial charge in [0, 0.05) is 12.5 Å². The summed E-state index contributed by atoms with van der Waals surface area (Å²) in [6.45, 7) is 0. The number of hydrazine groups is 1. The zero-order chi connectivity index (χ0) is 14.0. The van der Waals surface area contributed by atoms with Crippen LogP contribution in [0, 0.1) is 11.6 Å². The van der Waals surface area contributed by atoms with E-state index in [9.17, 15) is 18.4 Å². The van der Waals surface area contributed by atoms with Crippen molar-refractivity contribution in [2.45, 2.75) is 18.9 Å². The first-order valence-electron chi connectivity index (χ1n) is 5.44. The van der Waals surface area contributed by atoms with Crippen molar-refractivity contribution in [3.63, 3.8) is 0 Å². The van der Waals surface area contributed by atoms with Gasteiger partial charge < -0.3 is 10.7 Å². The lowest BCUT2D eigenvalue weighted by atomic mass is 10.1. The molecule has 2 heterocycles. The summed E-state index contributed by atoms with van der Waals surface area (Å²) in [4.78, 5) is 26.0. The van der Waals surface area contributed by atoms with E-state index in [-0.39, 0.29) is 30.4 Å². The van der Waals surface area contributed by atoms with Crippen LogP contribution in [-0.4, -0.2) is 22.8 Å². The molecule has 102 valence electrons. The molecule has 9 heteroatoms. The fourth-order valence-corrected chi connectivity index (χ4v) is 1.67. The van der Waals surface area contributed by atoms with Crippen molar-refractivity contribution in [1.82, 2.24) is 10.3 Å². The lowest BCUT2D eigenvalue weighted by molar-refractivity contribution is -0.133. The Morgan fingerprint density at radius 2 is 2.00 bits per heavy atom. The molecular formula is C10H11F2N5O2. The molecule has 0 aromatic carbocycles. The number of piperidine rings is 1. The quantitative estimate of drug-likeness (QED) is 0.346. The Bertz CT molecular complexity index is 537. The predicted molar refractivity (Wildman–Crippen MR) is 61.8 cm³/mol. The first kappa shape index (κ1) is 13.1. The van der Waals surface area contributed by atoms with Gasteiger partial charge in [-0.15, -0.1) is 0 Å². The van der Waals surface area contributed by atoms with E-state index in [1.54, 1.807) is 0 Å². The van der Waals surface area contributed by atoms with Crippen LogP contribution in [-0.2, 0) is 9.59 Å². The lowest BCUT2D eigenvalue weighted by Crippen LogP contribution is -2.47. The van der Waals surface area contributed by atoms with Gasteiger partial charge in [0.2, 0.25) is 11.8 Å². The second-order valence-electron chi connectivity index (χ2n) is 3.94. The number of carbonyl (C=O) groups is 2. The maximum atomic E-state index is 13.5. The number of nitrogens with one attached hydrogen (secondary N) is 3. The van der Waals surface area contributed by atoms with Gasteiger partial charge in [-0.25, -0.2) is 19.6 Å². The van der Waals surface area contributed by atoms with Gasteiger partial charge in [-0.3, -0.25) is 14.9 Å². The van der Waals surface area contributed by atoms with Crippen molar-refractivity contribution in [1.29, 1.82) is 0 Å². The van der Waals surface area contributed by atoms with Crippen LogP contribution in [0.3, 0.4) is 0 Å². The highest BCUT2D eigenvalue weighted by atomic mass is 19.1. The molecule has 0 radical (unpaired) electrons. The topological polar surface area (TPSA) is 109 Å². The third-order valence-corrected chi connectivity index (χ3v) is 2.62. The van der Waals surface area contributed by atoms with Crippen LogP contribution >= 0.6 is 0 Å². The van der Waals surface area contributed by atoms with Crippen LogP contribution in [0.1, 0.15) is 12.8 Å². The molecule has 1 atom stereocenters. The van der Waals surface area contributed by atoms with Gasteiger partial charge >= 0.3 is 0 Å². The highest BCUT2D eigenvalue weighted by Gasteiger charge is 2.27. The number of nitrogen functional groups attached to an aromatic ring is 1. The number of hydrogen-bond acceptors (Lipinski definition) is 6. The fraction of sp³-hybridized carbons (Fsp3) is 0.300. The van der Waals surface area contributed by atoms with Gasteiger partial charge in [-0.05, 0) is 6.42 Å². The first-order valence-corrected chi connectivity index (χ1v) is 5.44. The van der Waals surface area contributed by atoms with Crippen molar-refractivity contribution in [2.75, 3.05) is 10.7 Å². The number of amides is 2. The van der Waals surface area contributed by atoms with E-state index in [4.69, 9.17) is 5.84 Å². The van der Waals surface area contributed by atoms with Crippen molar-refractivity contribution in [3.8, 4) is 0 Å². The molecule has 7 nitrogen and oxygen atoms in total. The van der Waals surface area contributed by atoms with Crippen molar-refractivity contribution in [2.24, 2.45) is 5.84 Å². The summed E-state index contributed by atoms with van der Waals surface area (Å²) < 4.78 is 26.6. The number of carbonyl (C=O) groups excluding carboxylic acids is 2. The third kappa shape index (κ3) is 2.76. The molecule has 0 bridgehead atoms. The highest BCUT2D eigenvalue weighted by Crippen LogP contribution is 2.20. The van der Waals surface area contributed by atoms with Crippen molar-refractivity contribution in [3.05, 3.63) is 17.7 Å². The molecule has 2 amide bonds. The Morgan fingerprint density at radius 3 is 2.63 bits per heavy atom. The molecule has 2 rings (SSSR count). The van der Waals surface area contributed by atoms with Gasteiger partial charge in [0.15, 0.2) is 23.3 Å². The molecule has 1 aromatic rings. The van der Waals surface area contributed by atoms with E-state index in [1.807, 2.05) is 5.43 Å². The van der Waals surface area contributed by atoms with Crippen LogP contribution in [0.25, 0.3) is 0 Å². The zero-order valence-electron chi connectivity index (χ0n) is 9.67. The van der Waals surface area contributed by atoms with Crippen LogP contribution in [0.4, 0.5) is 20.4 Å². The maximum Gasteiger partial charge on any atom is 0.249 e. The minimum absolute atomic E-state index is 0.133. The zero-order valence-corrected chi connectivity index (χ0v) is 9.67. The summed E-state index contributed by atoms with van der Waals surface area (Å²) in [6, 6.07) is -0.216. The molecule has 0 aliphatic carbocycles. The molecule has 1 aromatic heterocycles. The maximum absolute atomic E-state index is 13.5. The van der Waals surface area contributed by atoms with E-state index in [2.05, 4.69) is 15.6 Å². The largest absolute Gasteiger partial charge is 0.356 e. The van der Waals surface area contributed by atoms with Crippen LogP contribution in [0.15, 0.2) is 6.07 Å². The van der Waals surface area contributed by atoms with Crippen LogP contribution < -0.4 is 21.9 Å².